The second-order valence-electron chi connectivity index (χ2n) is 18.5. The molecule has 286 valence electrons. The number of hydrogen-bond donors (Lipinski definition) is 2. The highest BCUT2D eigenvalue weighted by Crippen LogP contribution is 2.53. The number of rotatable bonds is 12. The van der Waals surface area contributed by atoms with Crippen LogP contribution in [0, 0.1) is 0 Å². The summed E-state index contributed by atoms with van der Waals surface area (Å²) in [5.74, 6) is 0. The SMILES string of the molecule is CCC(C)(C)c1cc(C(C)(C)CC)c2[nH]c(-c3sc(-c4cc5cc(C(C)(C)CC)cc(C(C)(C)CC)c5[nH]4)c(-c4ccccc4)c3-c3ccccc3)cc2c1. The highest BCUT2D eigenvalue weighted by Gasteiger charge is 2.31. The predicted molar refractivity (Wildman–Crippen MR) is 243 cm³/mol. The Kier molecular flexibility index (Phi) is 10.1. The first-order chi connectivity index (χ1) is 26.0. The normalized spacial score (nSPS) is 13.0. The standard InChI is InChI=1S/C52H62N2S/c1-13-49(5,6)37-27-35-29-41(53-45(35)39(31-37)51(9,10)15-3)47-43(33-23-19-17-20-24-33)44(34-25-21-18-22-26-34)48(55-47)42-30-36-28-38(50(7,8)14-2)32-40(46(36)54-42)52(11,12)16-4/h17-32,53-54H,13-16H2,1-12H3. The van der Waals surface area contributed by atoms with E-state index in [4.69, 9.17) is 0 Å². The molecule has 2 nitrogen and oxygen atoms in total. The average molecular weight is 747 g/mol. The first kappa shape index (κ1) is 38.9. The lowest BCUT2D eigenvalue weighted by molar-refractivity contribution is 0.491. The monoisotopic (exact) mass is 746 g/mol. The van der Waals surface area contributed by atoms with Crippen LogP contribution in [-0.2, 0) is 21.7 Å². The van der Waals surface area contributed by atoms with Crippen LogP contribution in [0.4, 0.5) is 0 Å². The summed E-state index contributed by atoms with van der Waals surface area (Å²) >= 11 is 1.92. The third kappa shape index (κ3) is 6.92. The Morgan fingerprint density at radius 2 is 0.782 bits per heavy atom. The number of hydrogen-bond acceptors (Lipinski definition) is 1. The Bertz CT molecular complexity index is 2290. The maximum absolute atomic E-state index is 4.07. The van der Waals surface area contributed by atoms with Gasteiger partial charge in [-0.05, 0) is 105 Å². The molecule has 0 bridgehead atoms. The van der Waals surface area contributed by atoms with E-state index in [1.54, 1.807) is 0 Å². The molecule has 0 amide bonds. The van der Waals surface area contributed by atoms with Crippen LogP contribution >= 0.6 is 11.3 Å². The molecule has 0 spiro atoms. The van der Waals surface area contributed by atoms with Crippen molar-refractivity contribution in [3.63, 3.8) is 0 Å². The van der Waals surface area contributed by atoms with E-state index in [0.29, 0.717) is 0 Å². The molecule has 0 fully saturated rings. The number of thiophene rings is 1. The third-order valence-electron chi connectivity index (χ3n) is 13.5. The molecule has 3 heterocycles. The number of aromatic nitrogens is 2. The zero-order valence-corrected chi connectivity index (χ0v) is 36.3. The van der Waals surface area contributed by atoms with E-state index in [0.717, 1.165) is 25.7 Å². The van der Waals surface area contributed by atoms with Gasteiger partial charge in [0.2, 0.25) is 0 Å². The molecular weight excluding hydrogens is 685 g/mol. The first-order valence-corrected chi connectivity index (χ1v) is 21.5. The van der Waals surface area contributed by atoms with Gasteiger partial charge >= 0.3 is 0 Å². The van der Waals surface area contributed by atoms with Gasteiger partial charge in [0.05, 0.1) is 21.1 Å². The summed E-state index contributed by atoms with van der Waals surface area (Å²) in [5.41, 5.74) is 15.8. The van der Waals surface area contributed by atoms with Crippen molar-refractivity contribution in [2.45, 2.75) is 130 Å². The summed E-state index contributed by atoms with van der Waals surface area (Å²) in [6, 6.07) is 36.9. The van der Waals surface area contributed by atoms with Crippen molar-refractivity contribution in [3.8, 4) is 43.4 Å². The van der Waals surface area contributed by atoms with Crippen molar-refractivity contribution in [1.29, 1.82) is 0 Å². The quantitative estimate of drug-likeness (QED) is 0.125. The summed E-state index contributed by atoms with van der Waals surface area (Å²) in [7, 11) is 0. The van der Waals surface area contributed by atoms with E-state index in [1.165, 1.54) is 87.5 Å². The lowest BCUT2D eigenvalue weighted by Gasteiger charge is -2.29. The molecule has 0 aliphatic heterocycles. The molecule has 3 heteroatoms. The molecule has 3 aromatic heterocycles. The Hall–Kier alpha value is -4.34. The minimum atomic E-state index is 0.0256. The van der Waals surface area contributed by atoms with E-state index < -0.39 is 0 Å². The Morgan fingerprint density at radius 1 is 0.436 bits per heavy atom. The molecular formula is C52H62N2S. The zero-order valence-electron chi connectivity index (χ0n) is 35.5. The van der Waals surface area contributed by atoms with Crippen LogP contribution in [-0.4, -0.2) is 9.97 Å². The Balaban J connectivity index is 1.57. The van der Waals surface area contributed by atoms with Crippen molar-refractivity contribution < 1.29 is 0 Å². The van der Waals surface area contributed by atoms with E-state index in [-0.39, 0.29) is 21.7 Å². The summed E-state index contributed by atoms with van der Waals surface area (Å²) in [6.07, 6.45) is 4.32. The molecule has 4 aromatic carbocycles. The highest BCUT2D eigenvalue weighted by atomic mass is 32.1. The molecule has 0 saturated heterocycles. The van der Waals surface area contributed by atoms with Crippen LogP contribution in [0.15, 0.2) is 97.1 Å². The summed E-state index contributed by atoms with van der Waals surface area (Å²) in [5, 5.41) is 2.59. The van der Waals surface area contributed by atoms with Crippen molar-refractivity contribution in [1.82, 2.24) is 9.97 Å². The fraction of sp³-hybridized carbons (Fsp3) is 0.385. The van der Waals surface area contributed by atoms with Gasteiger partial charge in [0.1, 0.15) is 0 Å². The summed E-state index contributed by atoms with van der Waals surface area (Å²) in [6.45, 7) is 28.4. The van der Waals surface area contributed by atoms with E-state index in [2.05, 4.69) is 190 Å². The topological polar surface area (TPSA) is 31.6 Å². The average Bonchev–Trinajstić information content (AvgIpc) is 3.93. The first-order valence-electron chi connectivity index (χ1n) is 20.7. The van der Waals surface area contributed by atoms with Gasteiger partial charge in [0.15, 0.2) is 0 Å². The Labute approximate surface area is 334 Å². The Morgan fingerprint density at radius 3 is 1.11 bits per heavy atom. The van der Waals surface area contributed by atoms with Gasteiger partial charge in [0.25, 0.3) is 0 Å². The predicted octanol–water partition coefficient (Wildman–Crippen LogP) is 16.1. The smallest absolute Gasteiger partial charge is 0.0597 e. The molecule has 0 atom stereocenters. The summed E-state index contributed by atoms with van der Waals surface area (Å²) < 4.78 is 0. The minimum Gasteiger partial charge on any atom is -0.354 e. The van der Waals surface area contributed by atoms with E-state index in [9.17, 15) is 0 Å². The lowest BCUT2D eigenvalue weighted by atomic mass is 9.76. The van der Waals surface area contributed by atoms with Crippen molar-refractivity contribution >= 4 is 33.1 Å². The highest BCUT2D eigenvalue weighted by molar-refractivity contribution is 7.20. The number of benzene rings is 4. The molecule has 0 aliphatic rings. The van der Waals surface area contributed by atoms with E-state index >= 15 is 0 Å². The van der Waals surface area contributed by atoms with Gasteiger partial charge in [-0.3, -0.25) is 0 Å². The lowest BCUT2D eigenvalue weighted by Crippen LogP contribution is -2.20. The fourth-order valence-corrected chi connectivity index (χ4v) is 9.23. The second-order valence-corrected chi connectivity index (χ2v) is 19.6. The number of nitrogens with one attached hydrogen (secondary N) is 2. The van der Waals surface area contributed by atoms with E-state index in [1.807, 2.05) is 11.3 Å². The molecule has 7 aromatic rings. The fourth-order valence-electron chi connectivity index (χ4n) is 7.94. The van der Waals surface area contributed by atoms with Gasteiger partial charge in [-0.1, -0.05) is 156 Å². The maximum Gasteiger partial charge on any atom is 0.0597 e. The van der Waals surface area contributed by atoms with Crippen molar-refractivity contribution in [2.24, 2.45) is 0 Å². The number of fused-ring (bicyclic) bond motifs is 2. The number of aromatic amines is 2. The minimum absolute atomic E-state index is 0.0256. The van der Waals surface area contributed by atoms with Gasteiger partial charge in [-0.25, -0.2) is 0 Å². The van der Waals surface area contributed by atoms with Gasteiger partial charge < -0.3 is 9.97 Å². The second kappa shape index (κ2) is 14.3. The van der Waals surface area contributed by atoms with Gasteiger partial charge in [0, 0.05) is 32.9 Å². The molecule has 0 unspecified atom stereocenters. The molecule has 2 N–H and O–H groups in total. The van der Waals surface area contributed by atoms with Crippen LogP contribution < -0.4 is 0 Å². The van der Waals surface area contributed by atoms with Crippen LogP contribution in [0.25, 0.3) is 65.2 Å². The van der Waals surface area contributed by atoms with Crippen LogP contribution in [0.1, 0.15) is 131 Å². The molecule has 0 radical (unpaired) electrons. The maximum atomic E-state index is 4.07. The molecule has 0 saturated carbocycles. The van der Waals surface area contributed by atoms with Gasteiger partial charge in [-0.2, -0.15) is 0 Å². The van der Waals surface area contributed by atoms with Gasteiger partial charge in [-0.15, -0.1) is 11.3 Å². The zero-order chi connectivity index (χ0) is 39.5. The van der Waals surface area contributed by atoms with Crippen LogP contribution in [0.2, 0.25) is 0 Å². The molecule has 7 rings (SSSR count). The van der Waals surface area contributed by atoms with Crippen LogP contribution in [0.3, 0.4) is 0 Å². The molecule has 55 heavy (non-hydrogen) atoms. The molecule has 0 aliphatic carbocycles. The largest absolute Gasteiger partial charge is 0.354 e. The third-order valence-corrected chi connectivity index (χ3v) is 14.8. The summed E-state index contributed by atoms with van der Waals surface area (Å²) in [4.78, 5) is 10.7. The van der Waals surface area contributed by atoms with Crippen molar-refractivity contribution in [3.05, 3.63) is 119 Å². The van der Waals surface area contributed by atoms with Crippen LogP contribution in [0.5, 0.6) is 0 Å². The number of H-pyrrole nitrogens is 2. The van der Waals surface area contributed by atoms with Crippen molar-refractivity contribution in [2.75, 3.05) is 0 Å².